The van der Waals surface area contributed by atoms with Gasteiger partial charge >= 0.3 is 0 Å². The van der Waals surface area contributed by atoms with Crippen molar-refractivity contribution in [1.82, 2.24) is 0 Å². The summed E-state index contributed by atoms with van der Waals surface area (Å²) in [6, 6.07) is 36.7. The zero-order valence-corrected chi connectivity index (χ0v) is 18.1. The molecule has 0 N–H and O–H groups in total. The Labute approximate surface area is 195 Å². The zero-order valence-electron chi connectivity index (χ0n) is 18.1. The normalized spacial score (nSPS) is 11.5. The molecule has 0 fully saturated rings. The van der Waals surface area contributed by atoms with Crippen LogP contribution in [0.5, 0.6) is 0 Å². The van der Waals surface area contributed by atoms with E-state index in [-0.39, 0.29) is 0 Å². The van der Waals surface area contributed by atoms with Crippen molar-refractivity contribution >= 4 is 43.9 Å². The summed E-state index contributed by atoms with van der Waals surface area (Å²) in [5.74, 6) is 0. The SMILES string of the molecule is N#Cc1ccc(-c2ccc(-c3c4oc5ccccc5c4cc4c3oc3ccccc34)cc2)cc1. The summed E-state index contributed by atoms with van der Waals surface area (Å²) in [4.78, 5) is 0. The van der Waals surface area contributed by atoms with Crippen molar-refractivity contribution in [2.45, 2.75) is 0 Å². The van der Waals surface area contributed by atoms with Crippen LogP contribution in [-0.2, 0) is 0 Å². The number of fused-ring (bicyclic) bond motifs is 6. The van der Waals surface area contributed by atoms with Crippen LogP contribution in [0.15, 0.2) is 112 Å². The molecule has 0 aliphatic rings. The Morgan fingerprint density at radius 3 is 1.50 bits per heavy atom. The second-order valence-corrected chi connectivity index (χ2v) is 8.47. The lowest BCUT2D eigenvalue weighted by Gasteiger charge is -2.07. The topological polar surface area (TPSA) is 50.1 Å². The lowest BCUT2D eigenvalue weighted by Crippen LogP contribution is -1.83. The first-order valence-electron chi connectivity index (χ1n) is 11.2. The number of hydrogen-bond donors (Lipinski definition) is 0. The van der Waals surface area contributed by atoms with Crippen molar-refractivity contribution in [3.8, 4) is 28.3 Å². The van der Waals surface area contributed by atoms with Gasteiger partial charge in [0.1, 0.15) is 22.3 Å². The minimum absolute atomic E-state index is 0.657. The van der Waals surface area contributed by atoms with Crippen molar-refractivity contribution < 1.29 is 8.83 Å². The van der Waals surface area contributed by atoms with E-state index in [0.29, 0.717) is 5.56 Å². The Morgan fingerprint density at radius 1 is 0.500 bits per heavy atom. The van der Waals surface area contributed by atoms with E-state index in [9.17, 15) is 0 Å². The fraction of sp³-hybridized carbons (Fsp3) is 0. The average molecular weight is 435 g/mol. The van der Waals surface area contributed by atoms with E-state index in [1.54, 1.807) is 0 Å². The highest BCUT2D eigenvalue weighted by atomic mass is 16.3. The fourth-order valence-electron chi connectivity index (χ4n) is 4.86. The van der Waals surface area contributed by atoms with E-state index in [1.807, 2.05) is 60.7 Å². The first-order valence-corrected chi connectivity index (χ1v) is 11.2. The fourth-order valence-corrected chi connectivity index (χ4v) is 4.86. The van der Waals surface area contributed by atoms with Crippen LogP contribution in [0.4, 0.5) is 0 Å². The molecule has 5 aromatic carbocycles. The molecule has 0 saturated carbocycles. The molecule has 0 amide bonds. The number of furan rings is 2. The van der Waals surface area contributed by atoms with Gasteiger partial charge in [0, 0.05) is 21.5 Å². The van der Waals surface area contributed by atoms with Gasteiger partial charge in [-0.3, -0.25) is 0 Å². The summed E-state index contributed by atoms with van der Waals surface area (Å²) < 4.78 is 12.8. The number of benzene rings is 5. The quantitative estimate of drug-likeness (QED) is 0.273. The Morgan fingerprint density at radius 2 is 0.971 bits per heavy atom. The number of hydrogen-bond acceptors (Lipinski definition) is 3. The molecule has 3 nitrogen and oxygen atoms in total. The maximum atomic E-state index is 9.07. The van der Waals surface area contributed by atoms with Crippen molar-refractivity contribution in [3.05, 3.63) is 109 Å². The molecular weight excluding hydrogens is 418 g/mol. The third-order valence-electron chi connectivity index (χ3n) is 6.53. The summed E-state index contributed by atoms with van der Waals surface area (Å²) >= 11 is 0. The number of rotatable bonds is 2. The van der Waals surface area contributed by atoms with E-state index in [2.05, 4.69) is 48.5 Å². The summed E-state index contributed by atoms with van der Waals surface area (Å²) in [6.07, 6.45) is 0. The predicted octanol–water partition coefficient (Wildman–Crippen LogP) is 8.69. The molecule has 0 aliphatic carbocycles. The maximum Gasteiger partial charge on any atom is 0.147 e. The highest BCUT2D eigenvalue weighted by molar-refractivity contribution is 6.21. The van der Waals surface area contributed by atoms with Crippen molar-refractivity contribution in [2.24, 2.45) is 0 Å². The Bertz CT molecular complexity index is 1810. The first-order chi connectivity index (χ1) is 16.8. The Balaban J connectivity index is 1.51. The van der Waals surface area contributed by atoms with Crippen LogP contribution in [0, 0.1) is 11.3 Å². The predicted molar refractivity (Wildman–Crippen MR) is 137 cm³/mol. The van der Waals surface area contributed by atoms with Gasteiger partial charge < -0.3 is 8.83 Å². The van der Waals surface area contributed by atoms with E-state index >= 15 is 0 Å². The molecule has 0 bridgehead atoms. The van der Waals surface area contributed by atoms with Crippen molar-refractivity contribution in [1.29, 1.82) is 5.26 Å². The number of nitriles is 1. The molecule has 0 radical (unpaired) electrons. The van der Waals surface area contributed by atoms with Crippen LogP contribution < -0.4 is 0 Å². The molecule has 3 heteroatoms. The van der Waals surface area contributed by atoms with Crippen LogP contribution in [-0.4, -0.2) is 0 Å². The zero-order chi connectivity index (χ0) is 22.6. The van der Waals surface area contributed by atoms with Gasteiger partial charge in [-0.05, 0) is 47.0 Å². The Kier molecular flexibility index (Phi) is 3.91. The highest BCUT2D eigenvalue weighted by Gasteiger charge is 2.20. The van der Waals surface area contributed by atoms with Crippen LogP contribution >= 0.6 is 0 Å². The number of para-hydroxylation sites is 2. The lowest BCUT2D eigenvalue weighted by atomic mass is 9.96. The summed E-state index contributed by atoms with van der Waals surface area (Å²) in [5, 5.41) is 13.4. The van der Waals surface area contributed by atoms with Crippen LogP contribution in [0.2, 0.25) is 0 Å². The number of nitrogens with zero attached hydrogens (tertiary/aromatic N) is 1. The molecule has 0 atom stereocenters. The van der Waals surface area contributed by atoms with Crippen LogP contribution in [0.3, 0.4) is 0 Å². The van der Waals surface area contributed by atoms with Crippen LogP contribution in [0.25, 0.3) is 66.1 Å². The van der Waals surface area contributed by atoms with Crippen molar-refractivity contribution in [2.75, 3.05) is 0 Å². The summed E-state index contributed by atoms with van der Waals surface area (Å²) in [6.45, 7) is 0. The molecular formula is C31H17NO2. The summed E-state index contributed by atoms with van der Waals surface area (Å²) in [5.41, 5.74) is 8.21. The average Bonchev–Trinajstić information content (AvgIpc) is 3.46. The second kappa shape index (κ2) is 7.10. The van der Waals surface area contributed by atoms with Crippen LogP contribution in [0.1, 0.15) is 5.56 Å². The Hall–Kier alpha value is -4.81. The third-order valence-corrected chi connectivity index (χ3v) is 6.53. The second-order valence-electron chi connectivity index (χ2n) is 8.47. The largest absolute Gasteiger partial charge is 0.455 e. The molecule has 0 saturated heterocycles. The minimum atomic E-state index is 0.657. The molecule has 7 aromatic rings. The molecule has 0 spiro atoms. The van der Waals surface area contributed by atoms with Crippen molar-refractivity contribution in [3.63, 3.8) is 0 Å². The van der Waals surface area contributed by atoms with Gasteiger partial charge in [-0.1, -0.05) is 72.8 Å². The molecule has 158 valence electrons. The van der Waals surface area contributed by atoms with E-state index in [4.69, 9.17) is 14.1 Å². The van der Waals surface area contributed by atoms with E-state index in [0.717, 1.165) is 66.1 Å². The minimum Gasteiger partial charge on any atom is -0.455 e. The molecule has 0 aliphatic heterocycles. The van der Waals surface area contributed by atoms with E-state index < -0.39 is 0 Å². The van der Waals surface area contributed by atoms with Gasteiger partial charge in [-0.25, -0.2) is 0 Å². The van der Waals surface area contributed by atoms with Gasteiger partial charge in [0.15, 0.2) is 0 Å². The standard InChI is InChI=1S/C31H17NO2/c32-18-19-9-11-20(12-10-19)21-13-15-22(16-14-21)29-30-25(23-5-1-3-7-27(23)33-30)17-26-24-6-2-4-8-28(24)34-31(26)29/h1-17H. The molecule has 34 heavy (non-hydrogen) atoms. The highest BCUT2D eigenvalue weighted by Crippen LogP contribution is 2.44. The van der Waals surface area contributed by atoms with E-state index in [1.165, 1.54) is 0 Å². The molecule has 0 unspecified atom stereocenters. The van der Waals surface area contributed by atoms with Gasteiger partial charge in [-0.2, -0.15) is 5.26 Å². The third kappa shape index (κ3) is 2.69. The van der Waals surface area contributed by atoms with Gasteiger partial charge in [0.2, 0.25) is 0 Å². The van der Waals surface area contributed by atoms with Gasteiger partial charge in [0.05, 0.1) is 17.2 Å². The lowest BCUT2D eigenvalue weighted by molar-refractivity contribution is 0.658. The monoisotopic (exact) mass is 435 g/mol. The molecule has 7 rings (SSSR count). The molecule has 2 aromatic heterocycles. The van der Waals surface area contributed by atoms with Gasteiger partial charge in [0.25, 0.3) is 0 Å². The summed E-state index contributed by atoms with van der Waals surface area (Å²) in [7, 11) is 0. The molecule has 2 heterocycles. The smallest absolute Gasteiger partial charge is 0.147 e. The maximum absolute atomic E-state index is 9.07. The first kappa shape index (κ1) is 18.7. The van der Waals surface area contributed by atoms with Gasteiger partial charge in [-0.15, -0.1) is 0 Å².